The average molecular weight is 720 g/mol. The predicted molar refractivity (Wildman–Crippen MR) is 196 cm³/mol. The number of nitrogens with zero attached hydrogens (tertiary/aromatic N) is 2. The van der Waals surface area contributed by atoms with Gasteiger partial charge in [-0.05, 0) is 64.6 Å². The first kappa shape index (κ1) is 42.6. The zero-order valence-corrected chi connectivity index (χ0v) is 32.4. The van der Waals surface area contributed by atoms with E-state index in [2.05, 4.69) is 10.2 Å². The lowest BCUT2D eigenvalue weighted by Crippen LogP contribution is -2.52. The Morgan fingerprint density at radius 2 is 1.88 bits per heavy atom. The van der Waals surface area contributed by atoms with Gasteiger partial charge in [-0.3, -0.25) is 14.5 Å². The van der Waals surface area contributed by atoms with E-state index in [0.29, 0.717) is 38.8 Å². The lowest BCUT2D eigenvalue weighted by atomic mass is 9.86. The third-order valence-electron chi connectivity index (χ3n) is 10.5. The molecule has 2 fully saturated rings. The van der Waals surface area contributed by atoms with Gasteiger partial charge in [-0.25, -0.2) is 4.79 Å². The maximum Gasteiger partial charge on any atom is 0.410 e. The molecule has 0 aliphatic carbocycles. The number of nitrogens with one attached hydrogen (secondary N) is 1. The summed E-state index contributed by atoms with van der Waals surface area (Å²) >= 11 is 0. The number of ether oxygens (including phenoxy) is 4. The summed E-state index contributed by atoms with van der Waals surface area (Å²) in [6, 6.07) is 0. The highest BCUT2D eigenvalue weighted by atomic mass is 16.6. The van der Waals surface area contributed by atoms with Crippen molar-refractivity contribution < 1.29 is 43.5 Å². The molecule has 1 amide bonds. The van der Waals surface area contributed by atoms with Crippen molar-refractivity contribution in [1.82, 2.24) is 15.1 Å². The van der Waals surface area contributed by atoms with Gasteiger partial charge in [-0.15, -0.1) is 0 Å². The van der Waals surface area contributed by atoms with Gasteiger partial charge < -0.3 is 39.4 Å². The fourth-order valence-corrected chi connectivity index (χ4v) is 7.01. The SMILES string of the molecule is CC[C@H](O)[C@@H](C)[C@H]1O[C@@H]1C[C@@](C)(O)/C=C/C=C(\C)[C@H]1OC(=O)C[C@H](C)CC[C@@](C)(OC(C)=O)[C@@H](OC(=O)N2CCN(CCNC)CC2)/C=C/[C@@H]1C. The minimum atomic E-state index is -1.16. The van der Waals surface area contributed by atoms with Gasteiger partial charge in [0.05, 0.1) is 23.9 Å². The number of rotatable bonds is 13. The highest BCUT2D eigenvalue weighted by molar-refractivity contribution is 5.70. The van der Waals surface area contributed by atoms with E-state index < -0.39 is 41.6 Å². The third kappa shape index (κ3) is 13.3. The van der Waals surface area contributed by atoms with Crippen LogP contribution in [0.15, 0.2) is 36.0 Å². The minimum absolute atomic E-state index is 0.00558. The van der Waals surface area contributed by atoms with Gasteiger partial charge in [-0.1, -0.05) is 52.0 Å². The third-order valence-corrected chi connectivity index (χ3v) is 10.5. The molecule has 12 heteroatoms. The molecule has 0 radical (unpaired) electrons. The van der Waals surface area contributed by atoms with Crippen molar-refractivity contribution in [3.8, 4) is 0 Å². The topological polar surface area (TPSA) is 150 Å². The Labute approximate surface area is 305 Å². The second-order valence-corrected chi connectivity index (χ2v) is 15.5. The standard InChI is InChI=1S/C39H65N3O9/c1-10-31(44)29(5)36-32(48-36)25-38(7,47)16-11-12-27(3)35-28(4)13-14-33(49-37(46)42-22-20-41(21-23-42)19-18-40-9)39(8,51-30(6)43)17-15-26(2)24-34(45)50-35/h11-14,16,26,28-29,31-33,35-36,40,44,47H,10,15,17-25H2,1-9H3/b14-13+,16-11+,27-12+/t26-,28+,29-,31+,32-,33+,35-,36-,38+,39-/m1/s1. The monoisotopic (exact) mass is 719 g/mol. The Bertz CT molecular complexity index is 1240. The summed E-state index contributed by atoms with van der Waals surface area (Å²) in [5, 5.41) is 24.4. The number of esters is 2. The fraction of sp³-hybridized carbons (Fsp3) is 0.769. The van der Waals surface area contributed by atoms with Crippen LogP contribution in [0.3, 0.4) is 0 Å². The van der Waals surface area contributed by atoms with Crippen LogP contribution in [0, 0.1) is 17.8 Å². The number of epoxide rings is 1. The molecule has 51 heavy (non-hydrogen) atoms. The molecular weight excluding hydrogens is 654 g/mol. The van der Waals surface area contributed by atoms with E-state index in [-0.39, 0.29) is 42.4 Å². The molecule has 0 unspecified atom stereocenters. The number of piperazine rings is 1. The van der Waals surface area contributed by atoms with Gasteiger partial charge in [0.1, 0.15) is 11.7 Å². The number of carbonyl (C=O) groups excluding carboxylic acids is 3. The second kappa shape index (κ2) is 19.3. The first-order chi connectivity index (χ1) is 24.0. The average Bonchev–Trinajstić information content (AvgIpc) is 3.83. The van der Waals surface area contributed by atoms with Crippen molar-refractivity contribution >= 4 is 18.0 Å². The van der Waals surface area contributed by atoms with E-state index in [1.807, 2.05) is 53.8 Å². The molecule has 3 aliphatic rings. The number of hydrogen-bond acceptors (Lipinski definition) is 11. The Hall–Kier alpha value is -2.77. The van der Waals surface area contributed by atoms with Gasteiger partial charge in [0.2, 0.25) is 0 Å². The molecule has 0 spiro atoms. The van der Waals surface area contributed by atoms with Crippen LogP contribution in [-0.2, 0) is 28.5 Å². The molecule has 3 aliphatic heterocycles. The summed E-state index contributed by atoms with van der Waals surface area (Å²) in [5.74, 6) is -1.23. The summed E-state index contributed by atoms with van der Waals surface area (Å²) < 4.78 is 23.9. The molecule has 3 rings (SSSR count). The summed E-state index contributed by atoms with van der Waals surface area (Å²) in [7, 11) is 1.92. The Kier molecular flexibility index (Phi) is 16.2. The molecule has 0 bridgehead atoms. The van der Waals surface area contributed by atoms with E-state index in [0.717, 1.165) is 31.8 Å². The molecule has 3 N–H and O–H groups in total. The molecule has 10 atom stereocenters. The van der Waals surface area contributed by atoms with E-state index in [9.17, 15) is 24.6 Å². The van der Waals surface area contributed by atoms with Crippen molar-refractivity contribution in [2.75, 3.05) is 46.3 Å². The first-order valence-electron chi connectivity index (χ1n) is 18.8. The van der Waals surface area contributed by atoms with E-state index in [4.69, 9.17) is 18.9 Å². The van der Waals surface area contributed by atoms with Crippen LogP contribution >= 0.6 is 0 Å². The van der Waals surface area contributed by atoms with Gasteiger partial charge >= 0.3 is 18.0 Å². The van der Waals surface area contributed by atoms with E-state index in [1.54, 1.807) is 37.0 Å². The van der Waals surface area contributed by atoms with Crippen LogP contribution in [0.4, 0.5) is 4.79 Å². The summed E-state index contributed by atoms with van der Waals surface area (Å²) in [6.07, 6.45) is 8.45. The number of cyclic esters (lactones) is 1. The molecule has 3 heterocycles. The fourth-order valence-electron chi connectivity index (χ4n) is 7.01. The first-order valence-corrected chi connectivity index (χ1v) is 18.8. The Balaban J connectivity index is 1.80. The van der Waals surface area contributed by atoms with Crippen molar-refractivity contribution in [1.29, 1.82) is 0 Å². The van der Waals surface area contributed by atoms with Crippen LogP contribution in [0.5, 0.6) is 0 Å². The lowest BCUT2D eigenvalue weighted by Gasteiger charge is -2.39. The van der Waals surface area contributed by atoms with Crippen LogP contribution < -0.4 is 5.32 Å². The Morgan fingerprint density at radius 1 is 1.20 bits per heavy atom. The van der Waals surface area contributed by atoms with Gasteiger partial charge in [-0.2, -0.15) is 0 Å². The quantitative estimate of drug-likeness (QED) is 0.0818. The number of amides is 1. The number of hydrogen-bond donors (Lipinski definition) is 3. The molecule has 0 saturated carbocycles. The maximum absolute atomic E-state index is 13.5. The minimum Gasteiger partial charge on any atom is -0.457 e. The molecule has 290 valence electrons. The zero-order valence-electron chi connectivity index (χ0n) is 32.4. The zero-order chi connectivity index (χ0) is 37.9. The number of allylic oxidation sites excluding steroid dienone is 2. The molecule has 0 aromatic heterocycles. The van der Waals surface area contributed by atoms with Crippen LogP contribution in [0.1, 0.15) is 87.5 Å². The smallest absolute Gasteiger partial charge is 0.410 e. The molecule has 12 nitrogen and oxygen atoms in total. The van der Waals surface area contributed by atoms with Crippen molar-refractivity contribution in [3.63, 3.8) is 0 Å². The molecular formula is C39H65N3O9. The van der Waals surface area contributed by atoms with Crippen molar-refractivity contribution in [2.45, 2.75) is 129 Å². The summed E-state index contributed by atoms with van der Waals surface area (Å²) in [5.41, 5.74) is -1.53. The number of aliphatic hydroxyl groups is 2. The van der Waals surface area contributed by atoms with E-state index >= 15 is 0 Å². The van der Waals surface area contributed by atoms with Crippen molar-refractivity contribution in [2.24, 2.45) is 17.8 Å². The summed E-state index contributed by atoms with van der Waals surface area (Å²) in [4.78, 5) is 43.1. The van der Waals surface area contributed by atoms with Gasteiger partial charge in [0.25, 0.3) is 0 Å². The summed E-state index contributed by atoms with van der Waals surface area (Å²) in [6.45, 7) is 18.8. The Morgan fingerprint density at radius 3 is 2.51 bits per heavy atom. The number of carbonyl (C=O) groups is 3. The van der Waals surface area contributed by atoms with Crippen molar-refractivity contribution in [3.05, 3.63) is 36.0 Å². The number of aliphatic hydroxyl groups excluding tert-OH is 1. The molecule has 0 aromatic rings. The van der Waals surface area contributed by atoms with Gasteiger partial charge in [0.15, 0.2) is 6.10 Å². The lowest BCUT2D eigenvalue weighted by molar-refractivity contribution is -0.167. The maximum atomic E-state index is 13.5. The van der Waals surface area contributed by atoms with Crippen LogP contribution in [0.2, 0.25) is 0 Å². The normalized spacial score (nSPS) is 32.9. The number of likely N-dealkylation sites (N-methyl/N-ethyl adjacent to an activating group) is 1. The van der Waals surface area contributed by atoms with Crippen LogP contribution in [0.25, 0.3) is 0 Å². The second-order valence-electron chi connectivity index (χ2n) is 15.5. The van der Waals surface area contributed by atoms with Crippen LogP contribution in [-0.4, -0.2) is 126 Å². The van der Waals surface area contributed by atoms with E-state index in [1.165, 1.54) is 6.92 Å². The molecule has 2 saturated heterocycles. The highest BCUT2D eigenvalue weighted by Crippen LogP contribution is 2.38. The van der Waals surface area contributed by atoms with Gasteiger partial charge in [0, 0.05) is 70.9 Å². The largest absolute Gasteiger partial charge is 0.457 e. The predicted octanol–water partition coefficient (Wildman–Crippen LogP) is 4.39. The highest BCUT2D eigenvalue weighted by Gasteiger charge is 2.47. The molecule has 0 aromatic carbocycles.